The Kier molecular flexibility index (Phi) is 7.90. The van der Waals surface area contributed by atoms with Crippen molar-refractivity contribution in [2.75, 3.05) is 49.3 Å². The Bertz CT molecular complexity index is 1010. The van der Waals surface area contributed by atoms with E-state index >= 15 is 0 Å². The number of hydrogen-bond donors (Lipinski definition) is 0. The van der Waals surface area contributed by atoms with E-state index in [2.05, 4.69) is 0 Å². The van der Waals surface area contributed by atoms with Crippen LogP contribution in [0.5, 0.6) is 0 Å². The molecule has 0 bridgehead atoms. The number of rotatable bonds is 8. The van der Waals surface area contributed by atoms with E-state index in [4.69, 9.17) is 9.47 Å². The molecule has 3 rings (SSSR count). The SMILES string of the molecule is CC[C@@H](C)N(C(=O)COC(=O)c1cc([N+](=O)[O-])ccc1N1CCOCC1)[C@H]1CCS(=O)(=O)C1. The number of amides is 1. The van der Waals surface area contributed by atoms with Crippen molar-refractivity contribution < 1.29 is 32.4 Å². The van der Waals surface area contributed by atoms with Crippen molar-refractivity contribution in [2.24, 2.45) is 0 Å². The molecule has 1 aromatic carbocycles. The molecule has 0 aromatic heterocycles. The topological polar surface area (TPSA) is 136 Å². The van der Waals surface area contributed by atoms with Gasteiger partial charge in [0, 0.05) is 37.3 Å². The predicted molar refractivity (Wildman–Crippen MR) is 120 cm³/mol. The summed E-state index contributed by atoms with van der Waals surface area (Å²) in [7, 11) is -3.20. The first-order valence-electron chi connectivity index (χ1n) is 10.9. The molecule has 12 heteroatoms. The lowest BCUT2D eigenvalue weighted by Gasteiger charge is -2.33. The van der Waals surface area contributed by atoms with Crippen molar-refractivity contribution in [3.8, 4) is 0 Å². The second-order valence-electron chi connectivity index (χ2n) is 8.25. The van der Waals surface area contributed by atoms with Crippen LogP contribution in [-0.4, -0.2) is 86.6 Å². The largest absolute Gasteiger partial charge is 0.452 e. The van der Waals surface area contributed by atoms with Crippen LogP contribution in [0.3, 0.4) is 0 Å². The molecule has 0 unspecified atom stereocenters. The van der Waals surface area contributed by atoms with Gasteiger partial charge >= 0.3 is 5.97 Å². The summed E-state index contributed by atoms with van der Waals surface area (Å²) in [6.45, 7) is 5.06. The minimum absolute atomic E-state index is 0.00238. The van der Waals surface area contributed by atoms with Crippen molar-refractivity contribution in [3.63, 3.8) is 0 Å². The van der Waals surface area contributed by atoms with E-state index in [0.717, 1.165) is 6.07 Å². The molecule has 182 valence electrons. The van der Waals surface area contributed by atoms with Gasteiger partial charge in [0.1, 0.15) is 0 Å². The Labute approximate surface area is 192 Å². The van der Waals surface area contributed by atoms with E-state index in [1.165, 1.54) is 17.0 Å². The third kappa shape index (κ3) is 5.99. The van der Waals surface area contributed by atoms with Gasteiger partial charge in [-0.3, -0.25) is 14.9 Å². The molecule has 1 amide bonds. The second kappa shape index (κ2) is 10.5. The van der Waals surface area contributed by atoms with Crippen LogP contribution in [-0.2, 0) is 24.1 Å². The fraction of sp³-hybridized carbons (Fsp3) is 0.619. The molecule has 11 nitrogen and oxygen atoms in total. The average molecular weight is 484 g/mol. The highest BCUT2D eigenvalue weighted by Gasteiger charge is 2.37. The maximum absolute atomic E-state index is 13.0. The highest BCUT2D eigenvalue weighted by Crippen LogP contribution is 2.27. The van der Waals surface area contributed by atoms with Crippen LogP contribution < -0.4 is 4.90 Å². The number of ether oxygens (including phenoxy) is 2. The lowest BCUT2D eigenvalue weighted by Crippen LogP contribution is -2.48. The summed E-state index contributed by atoms with van der Waals surface area (Å²) in [6, 6.07) is 3.27. The Morgan fingerprint density at radius 2 is 2.03 bits per heavy atom. The van der Waals surface area contributed by atoms with E-state index < -0.39 is 39.3 Å². The van der Waals surface area contributed by atoms with Crippen LogP contribution in [0, 0.1) is 10.1 Å². The van der Waals surface area contributed by atoms with Crippen LogP contribution in [0.1, 0.15) is 37.0 Å². The van der Waals surface area contributed by atoms with Crippen LogP contribution >= 0.6 is 0 Å². The molecule has 0 radical (unpaired) electrons. The number of morpholine rings is 1. The normalized spacial score (nSPS) is 20.8. The molecule has 33 heavy (non-hydrogen) atoms. The quantitative estimate of drug-likeness (QED) is 0.305. The van der Waals surface area contributed by atoms with Gasteiger partial charge in [-0.1, -0.05) is 6.92 Å². The number of non-ortho nitro benzene ring substituents is 1. The van der Waals surface area contributed by atoms with Gasteiger partial charge < -0.3 is 19.3 Å². The molecule has 0 aliphatic carbocycles. The van der Waals surface area contributed by atoms with Crippen LogP contribution in [0.2, 0.25) is 0 Å². The number of carbonyl (C=O) groups excluding carboxylic acids is 2. The zero-order valence-electron chi connectivity index (χ0n) is 18.8. The van der Waals surface area contributed by atoms with Crippen LogP contribution in [0.25, 0.3) is 0 Å². The summed E-state index contributed by atoms with van der Waals surface area (Å²) < 4.78 is 34.4. The number of anilines is 1. The second-order valence-corrected chi connectivity index (χ2v) is 10.5. The van der Waals surface area contributed by atoms with Crippen molar-refractivity contribution >= 4 is 33.1 Å². The van der Waals surface area contributed by atoms with Gasteiger partial charge in [0.15, 0.2) is 16.4 Å². The molecule has 2 fully saturated rings. The number of nitro groups is 1. The van der Waals surface area contributed by atoms with Crippen LogP contribution in [0.15, 0.2) is 18.2 Å². The maximum Gasteiger partial charge on any atom is 0.341 e. The molecule has 0 N–H and O–H groups in total. The molecular formula is C21H29N3O8S. The molecule has 2 aliphatic heterocycles. The highest BCUT2D eigenvalue weighted by atomic mass is 32.2. The number of carbonyl (C=O) groups is 2. The number of benzene rings is 1. The average Bonchev–Trinajstić information content (AvgIpc) is 3.16. The molecule has 1 aromatic rings. The lowest BCUT2D eigenvalue weighted by molar-refractivity contribution is -0.384. The Morgan fingerprint density at radius 1 is 1.33 bits per heavy atom. The van der Waals surface area contributed by atoms with Crippen molar-refractivity contribution in [1.82, 2.24) is 4.90 Å². The van der Waals surface area contributed by atoms with Gasteiger partial charge in [-0.25, -0.2) is 13.2 Å². The van der Waals surface area contributed by atoms with E-state index in [1.54, 1.807) is 0 Å². The zero-order valence-corrected chi connectivity index (χ0v) is 19.6. The number of nitrogens with zero attached hydrogens (tertiary/aromatic N) is 3. The zero-order chi connectivity index (χ0) is 24.2. The summed E-state index contributed by atoms with van der Waals surface area (Å²) in [4.78, 5) is 39.9. The Balaban J connectivity index is 1.77. The highest BCUT2D eigenvalue weighted by molar-refractivity contribution is 7.91. The molecule has 2 saturated heterocycles. The number of esters is 1. The summed E-state index contributed by atoms with van der Waals surface area (Å²) >= 11 is 0. The third-order valence-corrected chi connectivity index (χ3v) is 7.80. The van der Waals surface area contributed by atoms with Gasteiger partial charge in [0.05, 0.1) is 40.9 Å². The van der Waals surface area contributed by atoms with Gasteiger partial charge in [-0.05, 0) is 25.8 Å². The van der Waals surface area contributed by atoms with E-state index in [1.807, 2.05) is 18.7 Å². The summed E-state index contributed by atoms with van der Waals surface area (Å²) in [5.41, 5.74) is 0.210. The summed E-state index contributed by atoms with van der Waals surface area (Å²) in [5.74, 6) is -1.42. The molecule has 0 spiro atoms. The Hall–Kier alpha value is -2.73. The maximum atomic E-state index is 13.0. The first kappa shape index (κ1) is 24.9. The van der Waals surface area contributed by atoms with Gasteiger partial charge in [-0.2, -0.15) is 0 Å². The first-order valence-corrected chi connectivity index (χ1v) is 12.7. The molecule has 2 aliphatic rings. The van der Waals surface area contributed by atoms with E-state index in [0.29, 0.717) is 44.8 Å². The minimum Gasteiger partial charge on any atom is -0.452 e. The first-order chi connectivity index (χ1) is 15.6. The number of hydrogen-bond acceptors (Lipinski definition) is 9. The molecule has 0 saturated carbocycles. The van der Waals surface area contributed by atoms with Crippen molar-refractivity contribution in [2.45, 2.75) is 38.8 Å². The fourth-order valence-electron chi connectivity index (χ4n) is 4.16. The monoisotopic (exact) mass is 483 g/mol. The van der Waals surface area contributed by atoms with Gasteiger partial charge in [0.2, 0.25) is 0 Å². The smallest absolute Gasteiger partial charge is 0.341 e. The molecule has 2 atom stereocenters. The summed E-state index contributed by atoms with van der Waals surface area (Å²) in [5, 5.41) is 11.2. The summed E-state index contributed by atoms with van der Waals surface area (Å²) in [6.07, 6.45) is 0.959. The van der Waals surface area contributed by atoms with Gasteiger partial charge in [-0.15, -0.1) is 0 Å². The molecular weight excluding hydrogens is 454 g/mol. The standard InChI is InChI=1S/C21H29N3O8S/c1-3-15(2)23(17-6-11-33(29,30)14-17)20(25)13-32-21(26)18-12-16(24(27)28)4-5-19(18)22-7-9-31-10-8-22/h4-5,12,15,17H,3,6-11,13-14H2,1-2H3/t15-,17+/m1/s1. The van der Waals surface area contributed by atoms with E-state index in [-0.39, 0.29) is 28.8 Å². The van der Waals surface area contributed by atoms with E-state index in [9.17, 15) is 28.1 Å². The van der Waals surface area contributed by atoms with Gasteiger partial charge in [0.25, 0.3) is 11.6 Å². The lowest BCUT2D eigenvalue weighted by atomic mass is 10.1. The molecule has 2 heterocycles. The van der Waals surface area contributed by atoms with Crippen LogP contribution in [0.4, 0.5) is 11.4 Å². The predicted octanol–water partition coefficient (Wildman–Crippen LogP) is 1.40. The van der Waals surface area contributed by atoms with Crippen molar-refractivity contribution in [1.29, 1.82) is 0 Å². The Morgan fingerprint density at radius 3 is 2.61 bits per heavy atom. The number of nitro benzene ring substituents is 1. The minimum atomic E-state index is -3.20. The van der Waals surface area contributed by atoms with Crippen molar-refractivity contribution in [3.05, 3.63) is 33.9 Å². The third-order valence-electron chi connectivity index (χ3n) is 6.04. The number of sulfone groups is 1. The fourth-order valence-corrected chi connectivity index (χ4v) is 5.87.